The summed E-state index contributed by atoms with van der Waals surface area (Å²) in [4.78, 5) is 2.31. The van der Waals surface area contributed by atoms with Crippen LogP contribution in [0.15, 0.2) is 24.3 Å². The fourth-order valence-corrected chi connectivity index (χ4v) is 1.78. The Kier molecular flexibility index (Phi) is 6.01. The Morgan fingerprint density at radius 3 is 2.35 bits per heavy atom. The van der Waals surface area contributed by atoms with Crippen LogP contribution in [0.5, 0.6) is 0 Å². The predicted octanol–water partition coefficient (Wildman–Crippen LogP) is 2.29. The largest absolute Gasteiger partial charge is 0.392 e. The Morgan fingerprint density at radius 2 is 1.88 bits per heavy atom. The second-order valence-corrected chi connectivity index (χ2v) is 4.66. The first-order chi connectivity index (χ1) is 8.17. The van der Waals surface area contributed by atoms with Gasteiger partial charge in [-0.3, -0.25) is 0 Å². The molecule has 0 aromatic heterocycles. The molecule has 3 heteroatoms. The first-order valence-electron chi connectivity index (χ1n) is 6.11. The minimum absolute atomic E-state index is 0.0997. The summed E-state index contributed by atoms with van der Waals surface area (Å²) in [7, 11) is 1.72. The zero-order valence-corrected chi connectivity index (χ0v) is 11.0. The maximum Gasteiger partial charge on any atom is 0.0681 e. The van der Waals surface area contributed by atoms with Gasteiger partial charge in [0.05, 0.1) is 13.2 Å². The number of ether oxygens (including phenoxy) is 1. The first kappa shape index (κ1) is 14.0. The zero-order chi connectivity index (χ0) is 12.7. The van der Waals surface area contributed by atoms with Crippen molar-refractivity contribution in [2.45, 2.75) is 20.5 Å². The van der Waals surface area contributed by atoms with Gasteiger partial charge in [-0.15, -0.1) is 0 Å². The third kappa shape index (κ3) is 4.75. The number of nitrogens with zero attached hydrogens (tertiary/aromatic N) is 1. The fourth-order valence-electron chi connectivity index (χ4n) is 1.78. The molecular formula is C14H23NO2. The van der Waals surface area contributed by atoms with Crippen LogP contribution in [0.3, 0.4) is 0 Å². The Hall–Kier alpha value is -1.06. The van der Waals surface area contributed by atoms with Gasteiger partial charge >= 0.3 is 0 Å². The summed E-state index contributed by atoms with van der Waals surface area (Å²) in [6, 6.07) is 8.05. The van der Waals surface area contributed by atoms with Gasteiger partial charge in [0.15, 0.2) is 0 Å². The Bertz CT molecular complexity index is 309. The van der Waals surface area contributed by atoms with Crippen molar-refractivity contribution in [1.82, 2.24) is 0 Å². The maximum absolute atomic E-state index is 9.02. The molecule has 0 aliphatic carbocycles. The normalized spacial score (nSPS) is 10.9. The van der Waals surface area contributed by atoms with E-state index < -0.39 is 0 Å². The van der Waals surface area contributed by atoms with E-state index in [-0.39, 0.29) is 6.61 Å². The molecule has 96 valence electrons. The van der Waals surface area contributed by atoms with Gasteiger partial charge in [-0.05, 0) is 23.6 Å². The molecule has 0 atom stereocenters. The molecule has 1 rings (SSSR count). The molecule has 1 aromatic carbocycles. The van der Waals surface area contributed by atoms with Crippen molar-refractivity contribution in [3.05, 3.63) is 29.8 Å². The molecular weight excluding hydrogens is 214 g/mol. The van der Waals surface area contributed by atoms with Crippen LogP contribution < -0.4 is 4.90 Å². The SMILES string of the molecule is COCCN(CC(C)C)c1ccc(CO)cc1. The van der Waals surface area contributed by atoms with Crippen LogP contribution >= 0.6 is 0 Å². The summed E-state index contributed by atoms with van der Waals surface area (Å²) in [5.74, 6) is 0.615. The molecule has 0 bridgehead atoms. The lowest BCUT2D eigenvalue weighted by Crippen LogP contribution is -2.30. The van der Waals surface area contributed by atoms with Gasteiger partial charge in [-0.1, -0.05) is 26.0 Å². The van der Waals surface area contributed by atoms with E-state index in [0.717, 1.165) is 25.3 Å². The molecule has 0 radical (unpaired) electrons. The van der Waals surface area contributed by atoms with Crippen LogP contribution in [-0.4, -0.2) is 31.9 Å². The summed E-state index contributed by atoms with van der Waals surface area (Å²) in [6.07, 6.45) is 0. The van der Waals surface area contributed by atoms with E-state index in [4.69, 9.17) is 9.84 Å². The Morgan fingerprint density at radius 1 is 1.24 bits per heavy atom. The molecule has 0 amide bonds. The Labute approximate surface area is 104 Å². The highest BCUT2D eigenvalue weighted by Gasteiger charge is 2.08. The van der Waals surface area contributed by atoms with E-state index in [1.54, 1.807) is 7.11 Å². The molecule has 0 saturated heterocycles. The zero-order valence-electron chi connectivity index (χ0n) is 11.0. The first-order valence-corrected chi connectivity index (χ1v) is 6.11. The average molecular weight is 237 g/mol. The van der Waals surface area contributed by atoms with E-state index in [1.165, 1.54) is 5.69 Å². The van der Waals surface area contributed by atoms with Crippen molar-refractivity contribution < 1.29 is 9.84 Å². The van der Waals surface area contributed by atoms with E-state index >= 15 is 0 Å². The third-order valence-corrected chi connectivity index (χ3v) is 2.63. The average Bonchev–Trinajstić information content (AvgIpc) is 2.34. The van der Waals surface area contributed by atoms with Crippen molar-refractivity contribution in [1.29, 1.82) is 0 Å². The highest BCUT2D eigenvalue weighted by atomic mass is 16.5. The highest BCUT2D eigenvalue weighted by molar-refractivity contribution is 5.47. The predicted molar refractivity (Wildman–Crippen MR) is 71.3 cm³/mol. The number of aliphatic hydroxyl groups excluding tert-OH is 1. The number of hydrogen-bond acceptors (Lipinski definition) is 3. The van der Waals surface area contributed by atoms with Crippen LogP contribution in [-0.2, 0) is 11.3 Å². The molecule has 0 fully saturated rings. The summed E-state index contributed by atoms with van der Waals surface area (Å²) >= 11 is 0. The molecule has 0 saturated carbocycles. The van der Waals surface area contributed by atoms with E-state index in [2.05, 4.69) is 30.9 Å². The molecule has 0 spiro atoms. The van der Waals surface area contributed by atoms with Gasteiger partial charge in [0, 0.05) is 25.9 Å². The minimum Gasteiger partial charge on any atom is -0.392 e. The van der Waals surface area contributed by atoms with E-state index in [0.29, 0.717) is 5.92 Å². The number of rotatable bonds is 7. The van der Waals surface area contributed by atoms with Crippen molar-refractivity contribution >= 4 is 5.69 Å². The van der Waals surface area contributed by atoms with Crippen molar-refractivity contribution in [3.8, 4) is 0 Å². The lowest BCUT2D eigenvalue weighted by atomic mass is 10.1. The van der Waals surface area contributed by atoms with Crippen molar-refractivity contribution in [2.75, 3.05) is 31.7 Å². The molecule has 0 unspecified atom stereocenters. The molecule has 0 aliphatic heterocycles. The van der Waals surface area contributed by atoms with Crippen LogP contribution in [0.25, 0.3) is 0 Å². The minimum atomic E-state index is 0.0997. The van der Waals surface area contributed by atoms with E-state index in [1.807, 2.05) is 12.1 Å². The summed E-state index contributed by atoms with van der Waals surface area (Å²) in [5, 5.41) is 9.02. The number of benzene rings is 1. The van der Waals surface area contributed by atoms with E-state index in [9.17, 15) is 0 Å². The molecule has 3 nitrogen and oxygen atoms in total. The van der Waals surface area contributed by atoms with Crippen molar-refractivity contribution in [3.63, 3.8) is 0 Å². The van der Waals surface area contributed by atoms with Gasteiger partial charge in [-0.2, -0.15) is 0 Å². The second-order valence-electron chi connectivity index (χ2n) is 4.66. The van der Waals surface area contributed by atoms with Gasteiger partial charge in [0.25, 0.3) is 0 Å². The molecule has 0 heterocycles. The van der Waals surface area contributed by atoms with Gasteiger partial charge in [0.1, 0.15) is 0 Å². The number of aliphatic hydroxyl groups is 1. The van der Waals surface area contributed by atoms with Gasteiger partial charge in [-0.25, -0.2) is 0 Å². The molecule has 1 aromatic rings. The number of methoxy groups -OCH3 is 1. The maximum atomic E-state index is 9.02. The summed E-state index contributed by atoms with van der Waals surface area (Å²) in [6.45, 7) is 7.16. The molecule has 1 N–H and O–H groups in total. The molecule has 0 aliphatic rings. The van der Waals surface area contributed by atoms with Crippen molar-refractivity contribution in [2.24, 2.45) is 5.92 Å². The van der Waals surface area contributed by atoms with Crippen LogP contribution in [0.2, 0.25) is 0 Å². The smallest absolute Gasteiger partial charge is 0.0681 e. The topological polar surface area (TPSA) is 32.7 Å². The fraction of sp³-hybridized carbons (Fsp3) is 0.571. The standard InChI is InChI=1S/C14H23NO2/c1-12(2)10-15(8-9-17-3)14-6-4-13(11-16)5-7-14/h4-7,12,16H,8-11H2,1-3H3. The van der Waals surface area contributed by atoms with Crippen LogP contribution in [0, 0.1) is 5.92 Å². The van der Waals surface area contributed by atoms with Gasteiger partial charge < -0.3 is 14.7 Å². The van der Waals surface area contributed by atoms with Gasteiger partial charge in [0.2, 0.25) is 0 Å². The monoisotopic (exact) mass is 237 g/mol. The number of anilines is 1. The van der Waals surface area contributed by atoms with Crippen LogP contribution in [0.4, 0.5) is 5.69 Å². The lowest BCUT2D eigenvalue weighted by Gasteiger charge is -2.26. The second kappa shape index (κ2) is 7.30. The number of hydrogen-bond donors (Lipinski definition) is 1. The molecule has 17 heavy (non-hydrogen) atoms. The summed E-state index contributed by atoms with van der Waals surface area (Å²) in [5.41, 5.74) is 2.14. The van der Waals surface area contributed by atoms with Crippen LogP contribution in [0.1, 0.15) is 19.4 Å². The quantitative estimate of drug-likeness (QED) is 0.789. The summed E-state index contributed by atoms with van der Waals surface area (Å²) < 4.78 is 5.14. The lowest BCUT2D eigenvalue weighted by molar-refractivity contribution is 0.204. The Balaban J connectivity index is 2.72. The third-order valence-electron chi connectivity index (χ3n) is 2.63. The highest BCUT2D eigenvalue weighted by Crippen LogP contribution is 2.16.